The molecule has 0 unspecified atom stereocenters. The number of nitrogens with one attached hydrogen (secondary N) is 1. The highest BCUT2D eigenvalue weighted by Crippen LogP contribution is 2.14. The van der Waals surface area contributed by atoms with Crippen molar-refractivity contribution in [1.29, 1.82) is 0 Å². The first-order chi connectivity index (χ1) is 11.2. The molecule has 0 bridgehead atoms. The van der Waals surface area contributed by atoms with Gasteiger partial charge < -0.3 is 10.1 Å². The SMILES string of the molecule is CC[C@H](Oc1ccc(F)cc1)C(=O)NCCCc1ccccc1. The van der Waals surface area contributed by atoms with E-state index in [9.17, 15) is 9.18 Å². The molecule has 23 heavy (non-hydrogen) atoms. The van der Waals surface area contributed by atoms with Gasteiger partial charge in [-0.3, -0.25) is 4.79 Å². The van der Waals surface area contributed by atoms with E-state index < -0.39 is 6.10 Å². The maximum atomic E-state index is 12.9. The number of hydrogen-bond acceptors (Lipinski definition) is 2. The second-order valence-electron chi connectivity index (χ2n) is 5.35. The van der Waals surface area contributed by atoms with Crippen LogP contribution in [-0.4, -0.2) is 18.6 Å². The Balaban J connectivity index is 1.75. The van der Waals surface area contributed by atoms with Crippen molar-refractivity contribution in [1.82, 2.24) is 5.32 Å². The molecule has 0 radical (unpaired) electrons. The first-order valence-electron chi connectivity index (χ1n) is 7.93. The molecule has 2 aromatic rings. The number of ether oxygens (including phenoxy) is 1. The lowest BCUT2D eigenvalue weighted by molar-refractivity contribution is -0.128. The summed E-state index contributed by atoms with van der Waals surface area (Å²) in [5.41, 5.74) is 1.26. The Morgan fingerprint density at radius 3 is 2.48 bits per heavy atom. The van der Waals surface area contributed by atoms with Crippen LogP contribution in [0.3, 0.4) is 0 Å². The van der Waals surface area contributed by atoms with Gasteiger partial charge in [0.15, 0.2) is 6.10 Å². The Kier molecular flexibility index (Phi) is 6.60. The third-order valence-electron chi connectivity index (χ3n) is 3.54. The van der Waals surface area contributed by atoms with Crippen molar-refractivity contribution in [3.8, 4) is 5.75 Å². The largest absolute Gasteiger partial charge is 0.481 e. The van der Waals surface area contributed by atoms with Gasteiger partial charge in [-0.1, -0.05) is 37.3 Å². The molecule has 0 spiro atoms. The van der Waals surface area contributed by atoms with Crippen LogP contribution in [0.5, 0.6) is 5.75 Å². The van der Waals surface area contributed by atoms with Crippen LogP contribution in [0.4, 0.5) is 4.39 Å². The van der Waals surface area contributed by atoms with E-state index in [2.05, 4.69) is 17.4 Å². The fourth-order valence-corrected chi connectivity index (χ4v) is 2.26. The van der Waals surface area contributed by atoms with Crippen LogP contribution in [0, 0.1) is 5.82 Å². The number of hydrogen-bond donors (Lipinski definition) is 1. The predicted molar refractivity (Wildman–Crippen MR) is 88.9 cm³/mol. The third kappa shape index (κ3) is 5.74. The van der Waals surface area contributed by atoms with Crippen molar-refractivity contribution in [3.63, 3.8) is 0 Å². The van der Waals surface area contributed by atoms with E-state index in [0.29, 0.717) is 18.7 Å². The van der Waals surface area contributed by atoms with Crippen molar-refractivity contribution >= 4 is 5.91 Å². The van der Waals surface area contributed by atoms with Crippen molar-refractivity contribution in [2.75, 3.05) is 6.54 Å². The maximum absolute atomic E-state index is 12.9. The molecule has 2 rings (SSSR count). The maximum Gasteiger partial charge on any atom is 0.261 e. The topological polar surface area (TPSA) is 38.3 Å². The van der Waals surface area contributed by atoms with Gasteiger partial charge in [0.2, 0.25) is 0 Å². The van der Waals surface area contributed by atoms with Crippen LogP contribution in [0.2, 0.25) is 0 Å². The van der Waals surface area contributed by atoms with Gasteiger partial charge in [-0.05, 0) is 49.1 Å². The summed E-state index contributed by atoms with van der Waals surface area (Å²) in [6, 6.07) is 15.9. The molecule has 0 heterocycles. The summed E-state index contributed by atoms with van der Waals surface area (Å²) >= 11 is 0. The summed E-state index contributed by atoms with van der Waals surface area (Å²) in [6.07, 6.45) is 1.80. The highest BCUT2D eigenvalue weighted by atomic mass is 19.1. The molecule has 0 aliphatic heterocycles. The van der Waals surface area contributed by atoms with E-state index in [-0.39, 0.29) is 11.7 Å². The van der Waals surface area contributed by atoms with Gasteiger partial charge in [0.25, 0.3) is 5.91 Å². The lowest BCUT2D eigenvalue weighted by atomic mass is 10.1. The highest BCUT2D eigenvalue weighted by Gasteiger charge is 2.17. The van der Waals surface area contributed by atoms with Gasteiger partial charge in [-0.2, -0.15) is 0 Å². The Labute approximate surface area is 136 Å². The Morgan fingerprint density at radius 1 is 1.13 bits per heavy atom. The van der Waals surface area contributed by atoms with Gasteiger partial charge >= 0.3 is 0 Å². The Morgan fingerprint density at radius 2 is 1.83 bits per heavy atom. The second-order valence-corrected chi connectivity index (χ2v) is 5.35. The zero-order valence-corrected chi connectivity index (χ0v) is 13.3. The summed E-state index contributed by atoms with van der Waals surface area (Å²) < 4.78 is 18.5. The molecule has 0 aromatic heterocycles. The van der Waals surface area contributed by atoms with Gasteiger partial charge in [-0.25, -0.2) is 4.39 Å². The molecule has 0 saturated carbocycles. The number of aryl methyl sites for hydroxylation is 1. The quantitative estimate of drug-likeness (QED) is 0.754. The fourth-order valence-electron chi connectivity index (χ4n) is 2.26. The molecule has 0 aliphatic carbocycles. The van der Waals surface area contributed by atoms with Gasteiger partial charge in [0.05, 0.1) is 0 Å². The van der Waals surface area contributed by atoms with Gasteiger partial charge in [0, 0.05) is 6.54 Å². The monoisotopic (exact) mass is 315 g/mol. The zero-order chi connectivity index (χ0) is 16.5. The van der Waals surface area contributed by atoms with E-state index in [1.165, 1.54) is 29.8 Å². The molecule has 1 atom stereocenters. The molecule has 4 heteroatoms. The van der Waals surface area contributed by atoms with Crippen molar-refractivity contribution in [2.45, 2.75) is 32.3 Å². The summed E-state index contributed by atoms with van der Waals surface area (Å²) in [5.74, 6) is 0.0401. The molecule has 0 aliphatic rings. The van der Waals surface area contributed by atoms with E-state index >= 15 is 0 Å². The van der Waals surface area contributed by atoms with Gasteiger partial charge in [-0.15, -0.1) is 0 Å². The number of halogens is 1. The average Bonchev–Trinajstić information content (AvgIpc) is 2.59. The normalized spacial score (nSPS) is 11.7. The van der Waals surface area contributed by atoms with Crippen LogP contribution >= 0.6 is 0 Å². The first kappa shape index (κ1) is 17.0. The smallest absolute Gasteiger partial charge is 0.261 e. The molecule has 122 valence electrons. The molecule has 1 N–H and O–H groups in total. The van der Waals surface area contributed by atoms with Crippen molar-refractivity contribution < 1.29 is 13.9 Å². The minimum atomic E-state index is -0.558. The number of carbonyl (C=O) groups excluding carboxylic acids is 1. The minimum Gasteiger partial charge on any atom is -0.481 e. The van der Waals surface area contributed by atoms with E-state index in [0.717, 1.165) is 12.8 Å². The zero-order valence-electron chi connectivity index (χ0n) is 13.3. The standard InChI is InChI=1S/C19H22FNO2/c1-2-18(23-17-12-10-16(20)11-13-17)19(22)21-14-6-9-15-7-4-3-5-8-15/h3-5,7-8,10-13,18H,2,6,9,14H2,1H3,(H,21,22)/t18-/m0/s1. The summed E-state index contributed by atoms with van der Waals surface area (Å²) in [5, 5.41) is 2.90. The van der Waals surface area contributed by atoms with Crippen LogP contribution < -0.4 is 10.1 Å². The first-order valence-corrected chi connectivity index (χ1v) is 7.93. The van der Waals surface area contributed by atoms with E-state index in [4.69, 9.17) is 4.74 Å². The lowest BCUT2D eigenvalue weighted by Crippen LogP contribution is -2.38. The number of rotatable bonds is 8. The van der Waals surface area contributed by atoms with E-state index in [1.54, 1.807) is 0 Å². The molecule has 0 saturated heterocycles. The Bertz CT molecular complexity index is 599. The minimum absolute atomic E-state index is 0.134. The van der Waals surface area contributed by atoms with Crippen LogP contribution in [0.15, 0.2) is 54.6 Å². The fraction of sp³-hybridized carbons (Fsp3) is 0.316. The Hall–Kier alpha value is -2.36. The van der Waals surface area contributed by atoms with Crippen LogP contribution in [0.25, 0.3) is 0 Å². The summed E-state index contributed by atoms with van der Waals surface area (Å²) in [4.78, 5) is 12.1. The molecular formula is C19H22FNO2. The van der Waals surface area contributed by atoms with Crippen molar-refractivity contribution in [3.05, 3.63) is 66.0 Å². The lowest BCUT2D eigenvalue weighted by Gasteiger charge is -2.17. The van der Waals surface area contributed by atoms with Gasteiger partial charge in [0.1, 0.15) is 11.6 Å². The number of carbonyl (C=O) groups is 1. The summed E-state index contributed by atoms with van der Waals surface area (Å²) in [6.45, 7) is 2.49. The molecule has 0 fully saturated rings. The molecular weight excluding hydrogens is 293 g/mol. The highest BCUT2D eigenvalue weighted by molar-refractivity contribution is 5.81. The molecule has 2 aromatic carbocycles. The number of benzene rings is 2. The molecule has 1 amide bonds. The number of amides is 1. The second kappa shape index (κ2) is 8.93. The molecule has 3 nitrogen and oxygen atoms in total. The third-order valence-corrected chi connectivity index (χ3v) is 3.54. The summed E-state index contributed by atoms with van der Waals surface area (Å²) in [7, 11) is 0. The van der Waals surface area contributed by atoms with Crippen LogP contribution in [-0.2, 0) is 11.2 Å². The van der Waals surface area contributed by atoms with Crippen molar-refractivity contribution in [2.24, 2.45) is 0 Å². The average molecular weight is 315 g/mol. The van der Waals surface area contributed by atoms with Crippen LogP contribution in [0.1, 0.15) is 25.3 Å². The van der Waals surface area contributed by atoms with E-state index in [1.807, 2.05) is 25.1 Å². The predicted octanol–water partition coefficient (Wildman–Crippen LogP) is 3.73.